The molecule has 0 aliphatic heterocycles. The minimum absolute atomic E-state index is 0.0709. The van der Waals surface area contributed by atoms with Crippen LogP contribution in [0, 0.1) is 0 Å². The highest BCUT2D eigenvalue weighted by Gasteiger charge is 2.40. The fraction of sp³-hybridized carbons (Fsp3) is 0.476. The van der Waals surface area contributed by atoms with Crippen LogP contribution in [-0.2, 0) is 18.8 Å². The molecule has 1 aromatic carbocycles. The van der Waals surface area contributed by atoms with Gasteiger partial charge in [-0.1, -0.05) is 45.1 Å². The summed E-state index contributed by atoms with van der Waals surface area (Å²) in [5.74, 6) is -0.890. The maximum absolute atomic E-state index is 12.5. The molecule has 158 valence electrons. The van der Waals surface area contributed by atoms with E-state index in [0.717, 1.165) is 18.4 Å². The summed E-state index contributed by atoms with van der Waals surface area (Å²) in [5.41, 5.74) is 9.30. The van der Waals surface area contributed by atoms with Crippen LogP contribution in [-0.4, -0.2) is 50.9 Å². The van der Waals surface area contributed by atoms with Gasteiger partial charge in [-0.3, -0.25) is 4.79 Å². The van der Waals surface area contributed by atoms with Gasteiger partial charge in [0.05, 0.1) is 20.3 Å². The van der Waals surface area contributed by atoms with E-state index < -0.39 is 31.9 Å². The van der Waals surface area contributed by atoms with Crippen LogP contribution in [0.1, 0.15) is 32.8 Å². The van der Waals surface area contributed by atoms with Crippen molar-refractivity contribution in [3.05, 3.63) is 41.4 Å². The van der Waals surface area contributed by atoms with E-state index in [4.69, 9.17) is 14.7 Å². The Labute approximate surface area is 173 Å². The third-order valence-corrected chi connectivity index (χ3v) is 9.51. The highest BCUT2D eigenvalue weighted by molar-refractivity contribution is 6.74. The van der Waals surface area contributed by atoms with Crippen molar-refractivity contribution in [2.24, 2.45) is 0 Å². The lowest BCUT2D eigenvalue weighted by atomic mass is 10.1. The van der Waals surface area contributed by atoms with Crippen LogP contribution in [0.2, 0.25) is 18.1 Å². The minimum Gasteiger partial charge on any atom is -0.497 e. The molecule has 0 heterocycles. The van der Waals surface area contributed by atoms with Gasteiger partial charge in [0.1, 0.15) is 5.75 Å². The van der Waals surface area contributed by atoms with Crippen molar-refractivity contribution in [2.45, 2.75) is 51.4 Å². The summed E-state index contributed by atoms with van der Waals surface area (Å²) in [7, 11) is 0.507. The molecule has 29 heavy (non-hydrogen) atoms. The Hall–Kier alpha value is -2.54. The molecule has 0 N–H and O–H groups in total. The van der Waals surface area contributed by atoms with Crippen LogP contribution >= 0.6 is 0 Å². The average Bonchev–Trinajstić information content (AvgIpc) is 2.65. The molecular weight excluding hydrogens is 388 g/mol. The molecule has 1 rings (SSSR count). The predicted molar refractivity (Wildman–Crippen MR) is 114 cm³/mol. The zero-order valence-electron chi connectivity index (χ0n) is 18.2. The van der Waals surface area contributed by atoms with Crippen molar-refractivity contribution < 1.29 is 28.3 Å². The highest BCUT2D eigenvalue weighted by Crippen LogP contribution is 2.37. The topological polar surface area (TPSA) is 98.2 Å². The van der Waals surface area contributed by atoms with Crippen LogP contribution in [0.3, 0.4) is 0 Å². The summed E-state index contributed by atoms with van der Waals surface area (Å²) in [6.45, 7) is 10.4. The first-order valence-corrected chi connectivity index (χ1v) is 12.2. The lowest BCUT2D eigenvalue weighted by molar-refractivity contribution is -0.139. The zero-order valence-corrected chi connectivity index (χ0v) is 19.2. The van der Waals surface area contributed by atoms with Gasteiger partial charge in [-0.25, -0.2) is 4.79 Å². The predicted octanol–water partition coefficient (Wildman–Crippen LogP) is 3.90. The van der Waals surface area contributed by atoms with Crippen molar-refractivity contribution >= 4 is 31.9 Å². The Balaban J connectivity index is 3.13. The van der Waals surface area contributed by atoms with Crippen LogP contribution in [0.25, 0.3) is 11.6 Å². The third kappa shape index (κ3) is 7.09. The number of ketones is 1. The maximum Gasteiger partial charge on any atom is 0.441 e. The van der Waals surface area contributed by atoms with Crippen LogP contribution in [0.4, 0.5) is 0 Å². The molecule has 1 aromatic rings. The van der Waals surface area contributed by atoms with Gasteiger partial charge in [-0.2, -0.15) is 4.79 Å². The number of rotatable bonds is 9. The van der Waals surface area contributed by atoms with E-state index in [1.807, 2.05) is 30.3 Å². The van der Waals surface area contributed by atoms with E-state index in [2.05, 4.69) is 43.4 Å². The molecule has 0 aliphatic rings. The number of hydrogen-bond acceptors (Lipinski definition) is 5. The summed E-state index contributed by atoms with van der Waals surface area (Å²) in [5, 5.41) is -0.0709. The smallest absolute Gasteiger partial charge is 0.441 e. The molecule has 1 unspecified atom stereocenters. The summed E-state index contributed by atoms with van der Waals surface area (Å²) in [6.07, 6.45) is 2.89. The second kappa shape index (κ2) is 10.3. The van der Waals surface area contributed by atoms with Crippen molar-refractivity contribution in [3.63, 3.8) is 0 Å². The van der Waals surface area contributed by atoms with E-state index in [-0.39, 0.29) is 11.5 Å². The van der Waals surface area contributed by atoms with Crippen LogP contribution in [0.15, 0.2) is 30.3 Å². The number of ether oxygens (including phenoxy) is 2. The normalized spacial score (nSPS) is 12.9. The zero-order chi connectivity index (χ0) is 22.2. The first kappa shape index (κ1) is 24.5. The Morgan fingerprint density at radius 1 is 1.17 bits per heavy atom. The molecule has 0 saturated heterocycles. The Morgan fingerprint density at radius 3 is 2.21 bits per heavy atom. The van der Waals surface area contributed by atoms with Gasteiger partial charge < -0.3 is 19.4 Å². The lowest BCUT2D eigenvalue weighted by Gasteiger charge is -2.38. The molecule has 0 spiro atoms. The molecule has 0 bridgehead atoms. The monoisotopic (exact) mass is 418 g/mol. The van der Waals surface area contributed by atoms with Gasteiger partial charge in [0, 0.05) is 6.42 Å². The Morgan fingerprint density at radius 2 is 1.76 bits per heavy atom. The number of nitrogens with zero attached hydrogens (tertiary/aromatic N) is 2. The Kier molecular flexibility index (Phi) is 8.70. The molecule has 7 nitrogen and oxygen atoms in total. The third-order valence-electron chi connectivity index (χ3n) is 5.00. The van der Waals surface area contributed by atoms with E-state index in [1.165, 1.54) is 0 Å². The number of benzene rings is 1. The molecule has 0 fully saturated rings. The average molecular weight is 419 g/mol. The number of Topliss-reactive ketones (excluding diaryl/α,β-unsaturated/α-hetero) is 1. The Bertz CT molecular complexity index is 803. The largest absolute Gasteiger partial charge is 0.497 e. The molecule has 0 radical (unpaired) electrons. The fourth-order valence-electron chi connectivity index (χ4n) is 2.22. The molecular formula is C21H30N2O5Si. The number of esters is 1. The first-order chi connectivity index (χ1) is 13.4. The van der Waals surface area contributed by atoms with Gasteiger partial charge in [-0.15, -0.1) is 0 Å². The second-order valence-electron chi connectivity index (χ2n) is 8.12. The summed E-state index contributed by atoms with van der Waals surface area (Å²) in [6, 6.07) is 7.44. The molecule has 0 aliphatic carbocycles. The summed E-state index contributed by atoms with van der Waals surface area (Å²) < 4.78 is 16.0. The van der Waals surface area contributed by atoms with E-state index in [9.17, 15) is 9.59 Å². The van der Waals surface area contributed by atoms with Gasteiger partial charge in [-0.05, 0) is 35.8 Å². The van der Waals surface area contributed by atoms with E-state index >= 15 is 0 Å². The molecule has 0 saturated carbocycles. The molecule has 1 atom stereocenters. The van der Waals surface area contributed by atoms with Crippen molar-refractivity contribution in [3.8, 4) is 5.75 Å². The first-order valence-electron chi connectivity index (χ1n) is 9.28. The number of hydrogen-bond donors (Lipinski definition) is 0. The SMILES string of the molecule is COC(=O)C(=[N+]=[N-])C(=O)CC(/C=C/c1ccc(OC)cc1)O[Si](C)(C)C(C)(C)C. The van der Waals surface area contributed by atoms with Gasteiger partial charge >= 0.3 is 11.7 Å². The van der Waals surface area contributed by atoms with E-state index in [0.29, 0.717) is 0 Å². The van der Waals surface area contributed by atoms with Crippen LogP contribution < -0.4 is 4.74 Å². The molecule has 0 amide bonds. The second-order valence-corrected chi connectivity index (χ2v) is 12.9. The standard InChI is InChI=1S/C21H30N2O5Si/c1-21(2,3)29(6,7)28-17(14-18(24)19(23-22)20(25)27-5)13-10-15-8-11-16(26-4)12-9-15/h8-13,17H,14H2,1-7H3/b13-10+. The van der Waals surface area contributed by atoms with Crippen molar-refractivity contribution in [1.29, 1.82) is 0 Å². The van der Waals surface area contributed by atoms with Crippen molar-refractivity contribution in [2.75, 3.05) is 14.2 Å². The molecule has 8 heteroatoms. The summed E-state index contributed by atoms with van der Waals surface area (Å²) >= 11 is 0. The van der Waals surface area contributed by atoms with E-state index in [1.54, 1.807) is 13.2 Å². The molecule has 0 aromatic heterocycles. The quantitative estimate of drug-likeness (QED) is 0.151. The highest BCUT2D eigenvalue weighted by atomic mass is 28.4. The number of carbonyl (C=O) groups is 2. The minimum atomic E-state index is -2.21. The maximum atomic E-state index is 12.5. The van der Waals surface area contributed by atoms with Gasteiger partial charge in [0.25, 0.3) is 5.78 Å². The van der Waals surface area contributed by atoms with Gasteiger partial charge in [0.15, 0.2) is 8.32 Å². The number of methoxy groups -OCH3 is 2. The fourth-order valence-corrected chi connectivity index (χ4v) is 3.50. The summed E-state index contributed by atoms with van der Waals surface area (Å²) in [4.78, 5) is 27.0. The van der Waals surface area contributed by atoms with Crippen molar-refractivity contribution in [1.82, 2.24) is 0 Å². The van der Waals surface area contributed by atoms with Crippen LogP contribution in [0.5, 0.6) is 5.75 Å². The lowest BCUT2D eigenvalue weighted by Crippen LogP contribution is -2.44. The number of carbonyl (C=O) groups excluding carboxylic acids is 2. The van der Waals surface area contributed by atoms with Gasteiger partial charge in [0.2, 0.25) is 0 Å².